The average Bonchev–Trinajstić information content (AvgIpc) is 2.22. The van der Waals surface area contributed by atoms with Gasteiger partial charge in [0.1, 0.15) is 11.6 Å². The fourth-order valence-corrected chi connectivity index (χ4v) is 2.02. The molecule has 0 saturated heterocycles. The normalized spacial score (nSPS) is 12.8. The standard InChI is InChI=1S/C10H13F2NOS/c1-13-8(5-14)6-15-10-3-2-7(11)4-9(10)12/h2-4,8,13-14H,5-6H2,1H3. The van der Waals surface area contributed by atoms with Gasteiger partial charge in [0.25, 0.3) is 0 Å². The van der Waals surface area contributed by atoms with Crippen molar-refractivity contribution in [1.29, 1.82) is 0 Å². The molecule has 84 valence electrons. The largest absolute Gasteiger partial charge is 0.395 e. The zero-order valence-corrected chi connectivity index (χ0v) is 9.15. The summed E-state index contributed by atoms with van der Waals surface area (Å²) in [4.78, 5) is 0.394. The van der Waals surface area contributed by atoms with E-state index in [9.17, 15) is 8.78 Å². The number of hydrogen-bond donors (Lipinski definition) is 2. The van der Waals surface area contributed by atoms with Gasteiger partial charge >= 0.3 is 0 Å². The zero-order valence-electron chi connectivity index (χ0n) is 8.34. The Bertz CT molecular complexity index is 318. The van der Waals surface area contributed by atoms with Gasteiger partial charge in [-0.2, -0.15) is 0 Å². The maximum absolute atomic E-state index is 13.2. The van der Waals surface area contributed by atoms with Crippen LogP contribution in [0.4, 0.5) is 8.78 Å². The molecular formula is C10H13F2NOS. The number of hydrogen-bond acceptors (Lipinski definition) is 3. The number of likely N-dealkylation sites (N-methyl/N-ethyl adjacent to an activating group) is 1. The molecule has 0 bridgehead atoms. The molecule has 0 aliphatic carbocycles. The summed E-state index contributed by atoms with van der Waals surface area (Å²) in [5.41, 5.74) is 0. The number of aliphatic hydroxyl groups excluding tert-OH is 1. The number of aliphatic hydroxyl groups is 1. The lowest BCUT2D eigenvalue weighted by molar-refractivity contribution is 0.260. The van der Waals surface area contributed by atoms with Gasteiger partial charge in [-0.05, 0) is 19.2 Å². The first kappa shape index (κ1) is 12.4. The number of benzene rings is 1. The maximum Gasteiger partial charge on any atom is 0.139 e. The smallest absolute Gasteiger partial charge is 0.139 e. The second-order valence-electron chi connectivity index (χ2n) is 3.05. The Balaban J connectivity index is 2.57. The van der Waals surface area contributed by atoms with Gasteiger partial charge in [0.05, 0.1) is 6.61 Å². The third-order valence-corrected chi connectivity index (χ3v) is 3.17. The van der Waals surface area contributed by atoms with Crippen LogP contribution in [0, 0.1) is 11.6 Å². The van der Waals surface area contributed by atoms with E-state index in [1.54, 1.807) is 7.05 Å². The van der Waals surface area contributed by atoms with Crippen LogP contribution in [0.15, 0.2) is 23.1 Å². The minimum atomic E-state index is -0.579. The van der Waals surface area contributed by atoms with E-state index in [1.807, 2.05) is 0 Å². The van der Waals surface area contributed by atoms with Crippen LogP contribution in [0.2, 0.25) is 0 Å². The molecule has 1 aromatic rings. The van der Waals surface area contributed by atoms with E-state index < -0.39 is 11.6 Å². The Morgan fingerprint density at radius 3 is 2.73 bits per heavy atom. The highest BCUT2D eigenvalue weighted by atomic mass is 32.2. The summed E-state index contributed by atoms with van der Waals surface area (Å²) in [6, 6.07) is 3.40. The Hall–Kier alpha value is -0.650. The summed E-state index contributed by atoms with van der Waals surface area (Å²) in [7, 11) is 1.72. The molecule has 0 aliphatic heterocycles. The molecule has 1 unspecified atom stereocenters. The molecule has 0 heterocycles. The summed E-state index contributed by atoms with van der Waals surface area (Å²) in [6.45, 7) is -0.00763. The van der Waals surface area contributed by atoms with Gasteiger partial charge in [-0.25, -0.2) is 8.78 Å². The Morgan fingerprint density at radius 2 is 2.20 bits per heavy atom. The molecule has 1 atom stereocenters. The van der Waals surface area contributed by atoms with Crippen molar-refractivity contribution in [1.82, 2.24) is 5.32 Å². The van der Waals surface area contributed by atoms with E-state index in [1.165, 1.54) is 23.9 Å². The lowest BCUT2D eigenvalue weighted by Crippen LogP contribution is -2.31. The van der Waals surface area contributed by atoms with Gasteiger partial charge in [-0.1, -0.05) is 0 Å². The van der Waals surface area contributed by atoms with E-state index in [4.69, 9.17) is 5.11 Å². The van der Waals surface area contributed by atoms with Gasteiger partial charge < -0.3 is 10.4 Å². The molecule has 0 aromatic heterocycles. The first-order valence-corrected chi connectivity index (χ1v) is 5.52. The van der Waals surface area contributed by atoms with Crippen molar-refractivity contribution in [3.63, 3.8) is 0 Å². The second kappa shape index (κ2) is 6.05. The third kappa shape index (κ3) is 3.77. The molecule has 0 spiro atoms. The molecular weight excluding hydrogens is 220 g/mol. The Morgan fingerprint density at radius 1 is 1.47 bits per heavy atom. The predicted molar refractivity (Wildman–Crippen MR) is 57.0 cm³/mol. The highest BCUT2D eigenvalue weighted by Crippen LogP contribution is 2.22. The number of halogens is 2. The van der Waals surface area contributed by atoms with Crippen LogP contribution in [0.5, 0.6) is 0 Å². The van der Waals surface area contributed by atoms with E-state index in [2.05, 4.69) is 5.32 Å². The summed E-state index contributed by atoms with van der Waals surface area (Å²) in [6.07, 6.45) is 0. The molecule has 0 amide bonds. The molecule has 2 nitrogen and oxygen atoms in total. The minimum absolute atomic E-state index is 0.00763. The fraction of sp³-hybridized carbons (Fsp3) is 0.400. The highest BCUT2D eigenvalue weighted by Gasteiger charge is 2.08. The first-order valence-electron chi connectivity index (χ1n) is 4.53. The second-order valence-corrected chi connectivity index (χ2v) is 4.12. The fourth-order valence-electron chi connectivity index (χ4n) is 1.01. The lowest BCUT2D eigenvalue weighted by Gasteiger charge is -2.12. The summed E-state index contributed by atoms with van der Waals surface area (Å²) in [5, 5.41) is 11.8. The van der Waals surface area contributed by atoms with Crippen LogP contribution in [-0.4, -0.2) is 30.6 Å². The Labute approximate surface area is 91.7 Å². The van der Waals surface area contributed by atoms with Gasteiger partial charge in [0.2, 0.25) is 0 Å². The monoisotopic (exact) mass is 233 g/mol. The van der Waals surface area contributed by atoms with Crippen molar-refractivity contribution in [2.24, 2.45) is 0 Å². The van der Waals surface area contributed by atoms with Crippen LogP contribution in [-0.2, 0) is 0 Å². The van der Waals surface area contributed by atoms with Gasteiger partial charge in [0, 0.05) is 22.8 Å². The third-order valence-electron chi connectivity index (χ3n) is 1.96. The summed E-state index contributed by atoms with van der Waals surface area (Å²) >= 11 is 1.25. The highest BCUT2D eigenvalue weighted by molar-refractivity contribution is 7.99. The van der Waals surface area contributed by atoms with Crippen LogP contribution < -0.4 is 5.32 Å². The molecule has 0 fully saturated rings. The van der Waals surface area contributed by atoms with Crippen molar-refractivity contribution in [2.75, 3.05) is 19.4 Å². The molecule has 1 rings (SSSR count). The average molecular weight is 233 g/mol. The van der Waals surface area contributed by atoms with E-state index in [0.29, 0.717) is 10.6 Å². The zero-order chi connectivity index (χ0) is 11.3. The van der Waals surface area contributed by atoms with E-state index in [0.717, 1.165) is 6.07 Å². The molecule has 2 N–H and O–H groups in total. The van der Waals surface area contributed by atoms with Crippen molar-refractivity contribution >= 4 is 11.8 Å². The molecule has 0 radical (unpaired) electrons. The maximum atomic E-state index is 13.2. The Kier molecular flexibility index (Phi) is 5.01. The van der Waals surface area contributed by atoms with Gasteiger partial charge in [0.15, 0.2) is 0 Å². The topological polar surface area (TPSA) is 32.3 Å². The number of rotatable bonds is 5. The molecule has 15 heavy (non-hydrogen) atoms. The molecule has 0 saturated carbocycles. The predicted octanol–water partition coefficient (Wildman–Crippen LogP) is 1.64. The van der Waals surface area contributed by atoms with Crippen molar-refractivity contribution in [2.45, 2.75) is 10.9 Å². The van der Waals surface area contributed by atoms with Crippen molar-refractivity contribution < 1.29 is 13.9 Å². The van der Waals surface area contributed by atoms with Crippen molar-refractivity contribution in [3.05, 3.63) is 29.8 Å². The lowest BCUT2D eigenvalue weighted by atomic mass is 10.3. The summed E-state index contributed by atoms with van der Waals surface area (Å²) < 4.78 is 25.7. The van der Waals surface area contributed by atoms with Crippen LogP contribution in [0.3, 0.4) is 0 Å². The van der Waals surface area contributed by atoms with Crippen LogP contribution >= 0.6 is 11.8 Å². The molecule has 1 aromatic carbocycles. The van der Waals surface area contributed by atoms with Crippen LogP contribution in [0.1, 0.15) is 0 Å². The van der Waals surface area contributed by atoms with E-state index >= 15 is 0 Å². The van der Waals surface area contributed by atoms with E-state index in [-0.39, 0.29) is 12.6 Å². The van der Waals surface area contributed by atoms with Crippen molar-refractivity contribution in [3.8, 4) is 0 Å². The quantitative estimate of drug-likeness (QED) is 0.758. The molecule has 5 heteroatoms. The first-order chi connectivity index (χ1) is 7.17. The number of thioether (sulfide) groups is 1. The summed E-state index contributed by atoms with van der Waals surface area (Å²) in [5.74, 6) is -0.604. The van der Waals surface area contributed by atoms with Gasteiger partial charge in [-0.15, -0.1) is 11.8 Å². The van der Waals surface area contributed by atoms with Crippen LogP contribution in [0.25, 0.3) is 0 Å². The minimum Gasteiger partial charge on any atom is -0.395 e. The van der Waals surface area contributed by atoms with Gasteiger partial charge in [-0.3, -0.25) is 0 Å². The molecule has 0 aliphatic rings. The SMILES string of the molecule is CNC(CO)CSc1ccc(F)cc1F. The number of nitrogens with one attached hydrogen (secondary N) is 1.